The van der Waals surface area contributed by atoms with Crippen molar-refractivity contribution in [3.63, 3.8) is 0 Å². The Labute approximate surface area is 266 Å². The average Bonchev–Trinajstić information content (AvgIpc) is 3.29. The summed E-state index contributed by atoms with van der Waals surface area (Å²) >= 11 is 2.15. The minimum atomic E-state index is -0.324. The van der Waals surface area contributed by atoms with E-state index >= 15 is 0 Å². The molecule has 13 heteroatoms. The molecule has 41 heavy (non-hydrogen) atoms. The topological polar surface area (TPSA) is 73.8 Å². The molecule has 0 bridgehead atoms. The molecule has 4 heterocycles. The second kappa shape index (κ2) is 12.1. The molecule has 0 amide bonds. The smallest absolute Gasteiger partial charge is 0.404 e. The minimum absolute atomic E-state index is 0.0112. The molecule has 0 saturated carbocycles. The van der Waals surface area contributed by atoms with E-state index in [0.717, 1.165) is 0 Å². The monoisotopic (exact) mass is 692 g/mol. The molecule has 0 aromatic carbocycles. The molecule has 4 aliphatic rings. The van der Waals surface area contributed by atoms with Crippen LogP contribution in [0.25, 0.3) is 0 Å². The Balaban J connectivity index is 0.000000271. The summed E-state index contributed by atoms with van der Waals surface area (Å²) < 4.78 is 48.3. The van der Waals surface area contributed by atoms with Crippen molar-refractivity contribution >= 4 is 51.1 Å². The largest absolute Gasteiger partial charge is 0.458 e. The number of rotatable bonds is 4. The van der Waals surface area contributed by atoms with Crippen molar-refractivity contribution in [1.82, 2.24) is 0 Å². The maximum absolute atomic E-state index is 6.09. The van der Waals surface area contributed by atoms with Gasteiger partial charge in [0.15, 0.2) is 0 Å². The SMILES string of the molecule is CC(B1OC(C)(C)C(C)(C)O1)B1OC(C)(C)C(C)(C)O1.CC1(C)OB(CB2OC(C)(C)C(C)(C)O2)OC1(C)C.CI. The quantitative estimate of drug-likeness (QED) is 0.180. The molecule has 4 saturated heterocycles. The molecule has 0 N–H and O–H groups in total. The lowest BCUT2D eigenvalue weighted by molar-refractivity contribution is 0.00578. The van der Waals surface area contributed by atoms with E-state index in [0.29, 0.717) is 6.22 Å². The van der Waals surface area contributed by atoms with Crippen LogP contribution in [0.1, 0.15) is 118 Å². The maximum atomic E-state index is 6.09. The van der Waals surface area contributed by atoms with Gasteiger partial charge in [0.25, 0.3) is 0 Å². The predicted molar refractivity (Wildman–Crippen MR) is 179 cm³/mol. The van der Waals surface area contributed by atoms with Crippen LogP contribution in [-0.4, -0.2) is 78.2 Å². The van der Waals surface area contributed by atoms with E-state index in [1.807, 2.05) is 4.93 Å². The molecule has 4 aliphatic heterocycles. The lowest BCUT2D eigenvalue weighted by Gasteiger charge is -2.32. The van der Waals surface area contributed by atoms with Crippen LogP contribution in [0.15, 0.2) is 0 Å². The maximum Gasteiger partial charge on any atom is 0.458 e. The van der Waals surface area contributed by atoms with E-state index < -0.39 is 0 Å². The second-order valence-electron chi connectivity index (χ2n) is 15.7. The Morgan fingerprint density at radius 1 is 0.390 bits per heavy atom. The van der Waals surface area contributed by atoms with Crippen LogP contribution in [0.2, 0.25) is 11.9 Å². The molecule has 0 radical (unpaired) electrons. The van der Waals surface area contributed by atoms with Crippen molar-refractivity contribution in [2.45, 2.75) is 174 Å². The van der Waals surface area contributed by atoms with Gasteiger partial charge in [-0.25, -0.2) is 0 Å². The lowest BCUT2D eigenvalue weighted by Crippen LogP contribution is -2.41. The molecule has 0 spiro atoms. The molecule has 4 rings (SSSR count). The van der Waals surface area contributed by atoms with Crippen molar-refractivity contribution in [1.29, 1.82) is 0 Å². The van der Waals surface area contributed by atoms with Crippen molar-refractivity contribution < 1.29 is 37.2 Å². The zero-order valence-corrected chi connectivity index (χ0v) is 31.4. The number of hydrogen-bond acceptors (Lipinski definition) is 8. The van der Waals surface area contributed by atoms with E-state index in [1.54, 1.807) is 0 Å². The first kappa shape index (κ1) is 37.9. The minimum Gasteiger partial charge on any atom is -0.404 e. The Morgan fingerprint density at radius 3 is 0.756 bits per heavy atom. The van der Waals surface area contributed by atoms with Crippen LogP contribution >= 0.6 is 22.6 Å². The first-order valence-electron chi connectivity index (χ1n) is 15.0. The van der Waals surface area contributed by atoms with Crippen LogP contribution in [-0.2, 0) is 37.2 Å². The zero-order chi connectivity index (χ0) is 32.3. The van der Waals surface area contributed by atoms with Crippen molar-refractivity contribution in [2.75, 3.05) is 4.93 Å². The highest BCUT2D eigenvalue weighted by Gasteiger charge is 2.61. The highest BCUT2D eigenvalue weighted by molar-refractivity contribution is 14.1. The van der Waals surface area contributed by atoms with Gasteiger partial charge in [0, 0.05) is 11.9 Å². The Kier molecular flexibility index (Phi) is 11.2. The number of halogens is 1. The number of alkyl halides is 1. The molecule has 0 unspecified atom stereocenters. The van der Waals surface area contributed by atoms with Crippen LogP contribution in [0.4, 0.5) is 0 Å². The van der Waals surface area contributed by atoms with Gasteiger partial charge in [0.1, 0.15) is 0 Å². The molecular weight excluding hydrogens is 634 g/mol. The highest BCUT2D eigenvalue weighted by Crippen LogP contribution is 2.45. The van der Waals surface area contributed by atoms with Gasteiger partial charge in [0.05, 0.1) is 44.8 Å². The number of hydrogen-bond donors (Lipinski definition) is 0. The molecule has 0 aliphatic carbocycles. The van der Waals surface area contributed by atoms with Gasteiger partial charge in [-0.1, -0.05) is 29.5 Å². The third-order valence-corrected chi connectivity index (χ3v) is 10.4. The first-order valence-corrected chi connectivity index (χ1v) is 17.1. The van der Waals surface area contributed by atoms with E-state index in [4.69, 9.17) is 37.2 Å². The normalized spacial score (nSPS) is 29.3. The third-order valence-electron chi connectivity index (χ3n) is 10.4. The fourth-order valence-electron chi connectivity index (χ4n) is 4.61. The van der Waals surface area contributed by atoms with Gasteiger partial charge in [-0.15, -0.1) is 0 Å². The second-order valence-corrected chi connectivity index (χ2v) is 15.7. The zero-order valence-electron chi connectivity index (χ0n) is 29.2. The summed E-state index contributed by atoms with van der Waals surface area (Å²) in [4.78, 5) is 1.97. The van der Waals surface area contributed by atoms with Gasteiger partial charge in [-0.05, 0) is 116 Å². The Hall–Kier alpha value is 0.670. The van der Waals surface area contributed by atoms with Crippen molar-refractivity contribution in [3.05, 3.63) is 0 Å². The fourth-order valence-corrected chi connectivity index (χ4v) is 4.61. The van der Waals surface area contributed by atoms with E-state index in [1.165, 1.54) is 0 Å². The molecule has 0 atom stereocenters. The van der Waals surface area contributed by atoms with Gasteiger partial charge >= 0.3 is 28.5 Å². The van der Waals surface area contributed by atoms with E-state index in [9.17, 15) is 0 Å². The fraction of sp³-hybridized carbons (Fsp3) is 1.00. The molecule has 4 fully saturated rings. The van der Waals surface area contributed by atoms with Gasteiger partial charge in [0.2, 0.25) is 0 Å². The highest BCUT2D eigenvalue weighted by atomic mass is 127. The van der Waals surface area contributed by atoms with E-state index in [-0.39, 0.29) is 79.0 Å². The Bertz CT molecular complexity index is 776. The van der Waals surface area contributed by atoms with Gasteiger partial charge in [-0.2, -0.15) is 0 Å². The molecular formula is C28H57B4IO8. The summed E-state index contributed by atoms with van der Waals surface area (Å²) in [5.41, 5.74) is -2.50. The van der Waals surface area contributed by atoms with Crippen molar-refractivity contribution in [2.24, 2.45) is 0 Å². The summed E-state index contributed by atoms with van der Waals surface area (Å²) in [5, 5.41) is 0. The lowest BCUT2D eigenvalue weighted by atomic mass is 9.53. The molecule has 0 aromatic rings. The summed E-state index contributed by atoms with van der Waals surface area (Å²) in [5.74, 6) is 0. The molecule has 0 aromatic heterocycles. The van der Waals surface area contributed by atoms with Crippen LogP contribution in [0, 0.1) is 0 Å². The van der Waals surface area contributed by atoms with Gasteiger partial charge < -0.3 is 37.2 Å². The summed E-state index contributed by atoms with van der Waals surface area (Å²) in [6, 6.07) is 0. The molecule has 8 nitrogen and oxygen atoms in total. The van der Waals surface area contributed by atoms with Crippen LogP contribution in [0.3, 0.4) is 0 Å². The van der Waals surface area contributed by atoms with E-state index in [2.05, 4.69) is 140 Å². The standard InChI is InChI=1S/C14H28B2O4.C13H26B2O4.CH3I/c1-10(15-17-11(2,3)12(4,5)18-15)16-19-13(6,7)14(8,9)20-16;1-10(2)11(3,4)17-14(16-10)9-15-18-12(5,6)13(7,8)19-15;1-2/h10H,1-9H3;9H2,1-8H3;1H3. The Morgan fingerprint density at radius 2 is 0.561 bits per heavy atom. The summed E-state index contributed by atoms with van der Waals surface area (Å²) in [6.07, 6.45) is 0.597. The summed E-state index contributed by atoms with van der Waals surface area (Å²) in [7, 11) is -1.18. The van der Waals surface area contributed by atoms with Crippen LogP contribution < -0.4 is 0 Å². The average molecular weight is 692 g/mol. The van der Waals surface area contributed by atoms with Crippen LogP contribution in [0.5, 0.6) is 0 Å². The third kappa shape index (κ3) is 7.74. The summed E-state index contributed by atoms with van der Waals surface area (Å²) in [6.45, 7) is 35.0. The first-order chi connectivity index (χ1) is 18.2. The molecule has 236 valence electrons. The van der Waals surface area contributed by atoms with Crippen molar-refractivity contribution in [3.8, 4) is 0 Å². The predicted octanol–water partition coefficient (Wildman–Crippen LogP) is 6.86. The van der Waals surface area contributed by atoms with Gasteiger partial charge in [-0.3, -0.25) is 0 Å².